The largest absolute Gasteiger partial charge is 0.323 e. The highest BCUT2D eigenvalue weighted by molar-refractivity contribution is 7.92. The molecule has 0 saturated heterocycles. The van der Waals surface area contributed by atoms with E-state index in [1.807, 2.05) is 6.92 Å². The van der Waals surface area contributed by atoms with Gasteiger partial charge in [-0.15, -0.1) is 11.3 Å². The summed E-state index contributed by atoms with van der Waals surface area (Å²) < 4.78 is 24.2. The molecule has 0 fully saturated rings. The molecule has 0 saturated carbocycles. The third-order valence-electron chi connectivity index (χ3n) is 1.73. The molecule has 1 unspecified atom stereocenters. The molecule has 14 heavy (non-hydrogen) atoms. The molecule has 1 aromatic heterocycles. The number of anilines is 1. The summed E-state index contributed by atoms with van der Waals surface area (Å²) in [5.41, 5.74) is 6.40. The summed E-state index contributed by atoms with van der Waals surface area (Å²) in [5.74, 6) is 0. The minimum atomic E-state index is -3.18. The van der Waals surface area contributed by atoms with E-state index in [4.69, 9.17) is 5.73 Å². The van der Waals surface area contributed by atoms with Crippen molar-refractivity contribution in [2.45, 2.75) is 19.4 Å². The Hall–Kier alpha value is -0.590. The molecule has 0 aromatic carbocycles. The van der Waals surface area contributed by atoms with E-state index in [0.29, 0.717) is 5.69 Å². The number of thiophene rings is 1. The lowest BCUT2D eigenvalue weighted by Gasteiger charge is -2.03. The van der Waals surface area contributed by atoms with E-state index in [1.54, 1.807) is 11.4 Å². The maximum Gasteiger partial charge on any atom is 0.229 e. The Morgan fingerprint density at radius 3 is 2.79 bits per heavy atom. The highest BCUT2D eigenvalue weighted by atomic mass is 32.2. The normalized spacial score (nSPS) is 13.9. The van der Waals surface area contributed by atoms with Crippen LogP contribution in [0.4, 0.5) is 5.69 Å². The highest BCUT2D eigenvalue weighted by Crippen LogP contribution is 2.26. The van der Waals surface area contributed by atoms with Crippen molar-refractivity contribution in [3.05, 3.63) is 16.3 Å². The average Bonchev–Trinajstić information content (AvgIpc) is 2.48. The summed E-state index contributed by atoms with van der Waals surface area (Å²) in [5, 5.41) is 1.76. The van der Waals surface area contributed by atoms with Gasteiger partial charge in [-0.2, -0.15) is 0 Å². The van der Waals surface area contributed by atoms with Gasteiger partial charge in [0.05, 0.1) is 11.9 Å². The maximum atomic E-state index is 10.9. The summed E-state index contributed by atoms with van der Waals surface area (Å²) >= 11 is 1.47. The third kappa shape index (κ3) is 3.28. The second-order valence-electron chi connectivity index (χ2n) is 3.13. The van der Waals surface area contributed by atoms with Gasteiger partial charge in [-0.3, -0.25) is 4.72 Å². The Labute approximate surface area is 88.2 Å². The third-order valence-corrected chi connectivity index (χ3v) is 3.40. The molecule has 1 atom stereocenters. The van der Waals surface area contributed by atoms with Crippen LogP contribution in [0.15, 0.2) is 11.4 Å². The van der Waals surface area contributed by atoms with Gasteiger partial charge in [-0.1, -0.05) is 6.92 Å². The van der Waals surface area contributed by atoms with Crippen LogP contribution in [0.2, 0.25) is 0 Å². The first kappa shape index (κ1) is 11.5. The number of rotatable bonds is 4. The smallest absolute Gasteiger partial charge is 0.229 e. The Morgan fingerprint density at radius 2 is 2.29 bits per heavy atom. The molecule has 4 nitrogen and oxygen atoms in total. The lowest BCUT2D eigenvalue weighted by atomic mass is 10.2. The molecule has 80 valence electrons. The number of nitrogens with two attached hydrogens (primary N) is 1. The van der Waals surface area contributed by atoms with Gasteiger partial charge in [0.1, 0.15) is 0 Å². The van der Waals surface area contributed by atoms with Gasteiger partial charge in [-0.25, -0.2) is 8.42 Å². The molecule has 0 aliphatic rings. The van der Waals surface area contributed by atoms with Crippen molar-refractivity contribution in [1.82, 2.24) is 0 Å². The lowest BCUT2D eigenvalue weighted by molar-refractivity contribution is 0.607. The van der Waals surface area contributed by atoms with Crippen molar-refractivity contribution in [2.24, 2.45) is 5.73 Å². The monoisotopic (exact) mass is 234 g/mol. The first-order chi connectivity index (χ1) is 6.42. The van der Waals surface area contributed by atoms with Crippen LogP contribution in [-0.4, -0.2) is 14.7 Å². The SMILES string of the molecule is CCC(N)c1cc(NS(C)(=O)=O)cs1. The van der Waals surface area contributed by atoms with Crippen LogP contribution in [0.25, 0.3) is 0 Å². The topological polar surface area (TPSA) is 72.2 Å². The van der Waals surface area contributed by atoms with Gasteiger partial charge in [0.2, 0.25) is 10.0 Å². The molecule has 0 aliphatic heterocycles. The van der Waals surface area contributed by atoms with Crippen LogP contribution >= 0.6 is 11.3 Å². The van der Waals surface area contributed by atoms with Crippen LogP contribution in [0.1, 0.15) is 24.3 Å². The lowest BCUT2D eigenvalue weighted by Crippen LogP contribution is -2.09. The second-order valence-corrected chi connectivity index (χ2v) is 5.82. The zero-order chi connectivity index (χ0) is 10.8. The van der Waals surface area contributed by atoms with Crippen LogP contribution in [-0.2, 0) is 10.0 Å². The molecule has 1 heterocycles. The predicted molar refractivity (Wildman–Crippen MR) is 60.0 cm³/mol. The molecule has 3 N–H and O–H groups in total. The summed E-state index contributed by atoms with van der Waals surface area (Å²) in [6.45, 7) is 1.99. The van der Waals surface area contributed by atoms with Crippen molar-refractivity contribution < 1.29 is 8.42 Å². The quantitative estimate of drug-likeness (QED) is 0.830. The Morgan fingerprint density at radius 1 is 1.64 bits per heavy atom. The zero-order valence-corrected chi connectivity index (χ0v) is 9.78. The molecule has 0 aliphatic carbocycles. The summed E-state index contributed by atoms with van der Waals surface area (Å²) in [6, 6.07) is 1.77. The van der Waals surface area contributed by atoms with E-state index in [-0.39, 0.29) is 6.04 Å². The van der Waals surface area contributed by atoms with E-state index < -0.39 is 10.0 Å². The average molecular weight is 234 g/mol. The van der Waals surface area contributed by atoms with Crippen molar-refractivity contribution in [2.75, 3.05) is 11.0 Å². The molecular weight excluding hydrogens is 220 g/mol. The van der Waals surface area contributed by atoms with Crippen molar-refractivity contribution in [3.63, 3.8) is 0 Å². The molecule has 1 aromatic rings. The van der Waals surface area contributed by atoms with Crippen molar-refractivity contribution in [3.8, 4) is 0 Å². The summed E-state index contributed by atoms with van der Waals surface area (Å²) in [4.78, 5) is 0.999. The van der Waals surface area contributed by atoms with Gasteiger partial charge in [0, 0.05) is 16.3 Å². The van der Waals surface area contributed by atoms with Gasteiger partial charge >= 0.3 is 0 Å². The molecule has 0 amide bonds. The number of sulfonamides is 1. The van der Waals surface area contributed by atoms with Crippen LogP contribution in [0.3, 0.4) is 0 Å². The van der Waals surface area contributed by atoms with E-state index >= 15 is 0 Å². The van der Waals surface area contributed by atoms with Crippen LogP contribution in [0.5, 0.6) is 0 Å². The van der Waals surface area contributed by atoms with E-state index in [1.165, 1.54) is 11.3 Å². The minimum Gasteiger partial charge on any atom is -0.323 e. The van der Waals surface area contributed by atoms with Gasteiger partial charge < -0.3 is 5.73 Å². The fraction of sp³-hybridized carbons (Fsp3) is 0.500. The highest BCUT2D eigenvalue weighted by Gasteiger charge is 2.08. The molecule has 0 spiro atoms. The number of hydrogen-bond acceptors (Lipinski definition) is 4. The molecule has 0 bridgehead atoms. The van der Waals surface area contributed by atoms with Gasteiger partial charge in [-0.05, 0) is 12.5 Å². The Bertz CT molecular complexity index is 397. The molecule has 1 rings (SSSR count). The van der Waals surface area contributed by atoms with Crippen molar-refractivity contribution in [1.29, 1.82) is 0 Å². The molecular formula is C8H14N2O2S2. The van der Waals surface area contributed by atoms with Gasteiger partial charge in [0.25, 0.3) is 0 Å². The summed E-state index contributed by atoms with van der Waals surface area (Å²) in [6.07, 6.45) is 1.98. The van der Waals surface area contributed by atoms with E-state index in [2.05, 4.69) is 4.72 Å². The molecule has 6 heteroatoms. The summed E-state index contributed by atoms with van der Waals surface area (Å²) in [7, 11) is -3.18. The standard InChI is InChI=1S/C8H14N2O2S2/c1-3-7(9)8-4-6(5-13-8)10-14(2,11)12/h4-5,7,10H,3,9H2,1-2H3. The van der Waals surface area contributed by atoms with Crippen LogP contribution in [0, 0.1) is 0 Å². The fourth-order valence-electron chi connectivity index (χ4n) is 1.02. The Balaban J connectivity index is 2.79. The van der Waals surface area contributed by atoms with Crippen LogP contribution < -0.4 is 10.5 Å². The maximum absolute atomic E-state index is 10.9. The van der Waals surface area contributed by atoms with E-state index in [9.17, 15) is 8.42 Å². The minimum absolute atomic E-state index is 0.00453. The predicted octanol–water partition coefficient (Wildman–Crippen LogP) is 1.53. The zero-order valence-electron chi connectivity index (χ0n) is 8.15. The first-order valence-corrected chi connectivity index (χ1v) is 7.01. The molecule has 0 radical (unpaired) electrons. The first-order valence-electron chi connectivity index (χ1n) is 4.24. The van der Waals surface area contributed by atoms with E-state index in [0.717, 1.165) is 17.6 Å². The van der Waals surface area contributed by atoms with Gasteiger partial charge in [0.15, 0.2) is 0 Å². The Kier molecular flexibility index (Phi) is 3.52. The number of hydrogen-bond donors (Lipinski definition) is 2. The number of nitrogens with one attached hydrogen (secondary N) is 1. The second kappa shape index (κ2) is 4.29. The van der Waals surface area contributed by atoms with Crippen molar-refractivity contribution >= 4 is 27.0 Å². The fourth-order valence-corrected chi connectivity index (χ4v) is 2.56.